The van der Waals surface area contributed by atoms with Crippen molar-refractivity contribution in [2.75, 3.05) is 21.3 Å². The summed E-state index contributed by atoms with van der Waals surface area (Å²) in [6, 6.07) is 9.54. The molecule has 1 saturated carbocycles. The van der Waals surface area contributed by atoms with E-state index in [1.165, 1.54) is 21.3 Å². The van der Waals surface area contributed by atoms with Crippen LogP contribution in [-0.2, 0) is 9.47 Å². The van der Waals surface area contributed by atoms with Crippen molar-refractivity contribution in [3.63, 3.8) is 0 Å². The van der Waals surface area contributed by atoms with E-state index in [0.29, 0.717) is 24.2 Å². The number of nitrogens with zero attached hydrogens (tertiary/aromatic N) is 3. The third kappa shape index (κ3) is 2.48. The average Bonchev–Trinajstić information content (AvgIpc) is 2.94. The Bertz CT molecular complexity index is 1040. The van der Waals surface area contributed by atoms with Crippen molar-refractivity contribution < 1.29 is 23.7 Å². The largest absolute Gasteiger partial charge is 0.496 e. The first-order chi connectivity index (χ1) is 15.4. The zero-order chi connectivity index (χ0) is 23.1. The summed E-state index contributed by atoms with van der Waals surface area (Å²) in [5.41, 5.74) is -3.55. The number of rotatable bonds is 4. The lowest BCUT2D eigenvalue weighted by Gasteiger charge is -2.49. The summed E-state index contributed by atoms with van der Waals surface area (Å²) >= 11 is 0. The number of benzene rings is 1. The van der Waals surface area contributed by atoms with Crippen molar-refractivity contribution in [2.45, 2.75) is 44.0 Å². The third-order valence-corrected chi connectivity index (χ3v) is 7.08. The highest BCUT2D eigenvalue weighted by molar-refractivity contribution is 5.89. The Kier molecular flexibility index (Phi) is 5.15. The molecule has 3 aliphatic rings. The Morgan fingerprint density at radius 1 is 0.969 bits per heavy atom. The maximum atomic E-state index is 10.5. The second-order valence-electron chi connectivity index (χ2n) is 8.29. The smallest absolute Gasteiger partial charge is 0.217 e. The van der Waals surface area contributed by atoms with Gasteiger partial charge in [-0.05, 0) is 12.8 Å². The van der Waals surface area contributed by atoms with Crippen LogP contribution in [0.4, 0.5) is 0 Å². The van der Waals surface area contributed by atoms with E-state index in [2.05, 4.69) is 18.2 Å². The van der Waals surface area contributed by atoms with Crippen LogP contribution >= 0.6 is 0 Å². The van der Waals surface area contributed by atoms with Crippen LogP contribution < -0.4 is 14.2 Å². The van der Waals surface area contributed by atoms with E-state index >= 15 is 0 Å². The van der Waals surface area contributed by atoms with Gasteiger partial charge in [-0.1, -0.05) is 12.8 Å². The van der Waals surface area contributed by atoms with Crippen LogP contribution in [0.15, 0.2) is 12.1 Å². The molecule has 0 amide bonds. The highest BCUT2D eigenvalue weighted by atomic mass is 16.7. The Balaban J connectivity index is 2.06. The van der Waals surface area contributed by atoms with Crippen LogP contribution in [-0.4, -0.2) is 33.0 Å². The molecule has 0 spiro atoms. The monoisotopic (exact) mass is 436 g/mol. The molecule has 9 nitrogen and oxygen atoms in total. The molecule has 2 saturated heterocycles. The average molecular weight is 436 g/mol. The molecule has 9 heteroatoms. The number of methoxy groups -OCH3 is 3. The quantitative estimate of drug-likeness (QED) is 0.754. The van der Waals surface area contributed by atoms with E-state index in [1.807, 2.05) is 0 Å². The Labute approximate surface area is 186 Å². The summed E-state index contributed by atoms with van der Waals surface area (Å²) in [7, 11) is 4.39. The van der Waals surface area contributed by atoms with E-state index in [0.717, 1.165) is 19.3 Å². The molecule has 4 atom stereocenters. The molecule has 3 fully saturated rings. The van der Waals surface area contributed by atoms with Crippen LogP contribution in [0.3, 0.4) is 0 Å². The number of ether oxygens (including phenoxy) is 5. The van der Waals surface area contributed by atoms with Crippen molar-refractivity contribution in [2.24, 2.45) is 16.7 Å². The molecule has 4 unspecified atom stereocenters. The lowest BCUT2D eigenvalue weighted by atomic mass is 9.52. The molecular weight excluding hydrogens is 412 g/mol. The van der Waals surface area contributed by atoms with Crippen molar-refractivity contribution >= 4 is 5.90 Å². The fourth-order valence-corrected chi connectivity index (χ4v) is 5.59. The zero-order valence-electron chi connectivity index (χ0n) is 18.2. The molecule has 1 aromatic rings. The lowest BCUT2D eigenvalue weighted by molar-refractivity contribution is -0.285. The summed E-state index contributed by atoms with van der Waals surface area (Å²) in [6.07, 6.45) is 2.19. The van der Waals surface area contributed by atoms with Crippen molar-refractivity contribution in [3.8, 4) is 35.5 Å². The van der Waals surface area contributed by atoms with Gasteiger partial charge < -0.3 is 23.7 Å². The van der Waals surface area contributed by atoms with Gasteiger partial charge in [0.1, 0.15) is 23.4 Å². The normalized spacial score (nSPS) is 32.2. The highest BCUT2D eigenvalue weighted by Gasteiger charge is 2.80. The maximum absolute atomic E-state index is 10.5. The molecule has 1 aromatic carbocycles. The van der Waals surface area contributed by atoms with Crippen molar-refractivity contribution in [1.29, 1.82) is 21.2 Å². The molecule has 32 heavy (non-hydrogen) atoms. The minimum Gasteiger partial charge on any atom is -0.496 e. The second-order valence-corrected chi connectivity index (χ2v) is 8.29. The van der Waals surface area contributed by atoms with Crippen LogP contribution in [0.1, 0.15) is 43.8 Å². The van der Waals surface area contributed by atoms with Crippen molar-refractivity contribution in [3.05, 3.63) is 17.7 Å². The maximum Gasteiger partial charge on any atom is 0.217 e. The van der Waals surface area contributed by atoms with Gasteiger partial charge in [0.15, 0.2) is 5.41 Å². The minimum atomic E-state index is -2.07. The number of hydrogen-bond donors (Lipinski definition) is 1. The van der Waals surface area contributed by atoms with Gasteiger partial charge in [-0.2, -0.15) is 15.8 Å². The summed E-state index contributed by atoms with van der Waals surface area (Å²) < 4.78 is 29.0. The van der Waals surface area contributed by atoms with Gasteiger partial charge in [0.05, 0.1) is 51.0 Å². The molecular formula is C23H24N4O5. The van der Waals surface area contributed by atoms with Gasteiger partial charge in [0.2, 0.25) is 17.1 Å². The fourth-order valence-electron chi connectivity index (χ4n) is 5.59. The Hall–Kier alpha value is -3.48. The topological polar surface area (TPSA) is 141 Å². The Morgan fingerprint density at radius 2 is 1.62 bits per heavy atom. The van der Waals surface area contributed by atoms with Gasteiger partial charge in [0, 0.05) is 18.6 Å². The Morgan fingerprint density at radius 3 is 2.16 bits per heavy atom. The fraction of sp³-hybridized carbons (Fsp3) is 0.565. The van der Waals surface area contributed by atoms with E-state index in [9.17, 15) is 15.8 Å². The van der Waals surface area contributed by atoms with Crippen LogP contribution in [0.2, 0.25) is 0 Å². The van der Waals surface area contributed by atoms with Crippen LogP contribution in [0.25, 0.3) is 0 Å². The van der Waals surface area contributed by atoms with E-state index < -0.39 is 28.6 Å². The standard InChI is InChI=1S/C23H24N4O5/c1-28-14-9-15(29-2)18(16(10-14)30-3)19-21(11-24,12-25)22(13-26)17-7-5-4-6-8-23(17,31-19)32-20(22)27/h9-10,17,19,27H,4-8H2,1-3H3. The van der Waals surface area contributed by atoms with Gasteiger partial charge in [-0.15, -0.1) is 0 Å². The molecule has 2 bridgehead atoms. The summed E-state index contributed by atoms with van der Waals surface area (Å²) in [6.45, 7) is 0. The van der Waals surface area contributed by atoms with Gasteiger partial charge in [-0.3, -0.25) is 5.41 Å². The molecule has 0 radical (unpaired) electrons. The minimum absolute atomic E-state index is 0.281. The molecule has 2 heterocycles. The first-order valence-electron chi connectivity index (χ1n) is 10.4. The number of nitrogens with one attached hydrogen (secondary N) is 1. The summed E-state index contributed by atoms with van der Waals surface area (Å²) in [5, 5.41) is 40.0. The number of hydrogen-bond acceptors (Lipinski definition) is 9. The predicted molar refractivity (Wildman–Crippen MR) is 110 cm³/mol. The van der Waals surface area contributed by atoms with E-state index in [4.69, 9.17) is 29.1 Å². The molecule has 1 N–H and O–H groups in total. The highest BCUT2D eigenvalue weighted by Crippen LogP contribution is 2.70. The molecule has 2 aliphatic heterocycles. The molecule has 166 valence electrons. The SMILES string of the molecule is COc1cc(OC)c(C2OC34CCCCCC3C(C#N)(C(=N)O4)C2(C#N)C#N)c(OC)c1. The van der Waals surface area contributed by atoms with Gasteiger partial charge in [0.25, 0.3) is 0 Å². The van der Waals surface area contributed by atoms with E-state index in [1.54, 1.807) is 12.1 Å². The first-order valence-corrected chi connectivity index (χ1v) is 10.4. The van der Waals surface area contributed by atoms with E-state index in [-0.39, 0.29) is 17.4 Å². The number of nitriles is 3. The first kappa shape index (κ1) is 21.7. The zero-order valence-corrected chi connectivity index (χ0v) is 18.2. The molecule has 4 rings (SSSR count). The lowest BCUT2D eigenvalue weighted by Crippen LogP contribution is -2.59. The predicted octanol–water partition coefficient (Wildman–Crippen LogP) is 3.61. The summed E-state index contributed by atoms with van der Waals surface area (Å²) in [4.78, 5) is 0. The third-order valence-electron chi connectivity index (χ3n) is 7.08. The second kappa shape index (κ2) is 7.58. The van der Waals surface area contributed by atoms with Crippen LogP contribution in [0, 0.1) is 56.2 Å². The van der Waals surface area contributed by atoms with Crippen molar-refractivity contribution in [1.82, 2.24) is 0 Å². The molecule has 0 aromatic heterocycles. The summed E-state index contributed by atoms with van der Waals surface area (Å²) in [5.74, 6) is -1.26. The van der Waals surface area contributed by atoms with Gasteiger partial charge >= 0.3 is 0 Å². The van der Waals surface area contributed by atoms with Gasteiger partial charge in [-0.25, -0.2) is 0 Å². The van der Waals surface area contributed by atoms with Crippen LogP contribution in [0.5, 0.6) is 17.2 Å². The molecule has 1 aliphatic carbocycles.